The summed E-state index contributed by atoms with van der Waals surface area (Å²) in [5, 5.41) is 8.38. The monoisotopic (exact) mass is 244 g/mol. The van der Waals surface area contributed by atoms with Crippen LogP contribution in [-0.2, 0) is 11.2 Å². The van der Waals surface area contributed by atoms with E-state index in [1.54, 1.807) is 13.0 Å². The maximum Gasteiger partial charge on any atom is 0.374 e. The van der Waals surface area contributed by atoms with Gasteiger partial charge in [-0.3, -0.25) is 0 Å². The Kier molecular flexibility index (Phi) is 2.65. The van der Waals surface area contributed by atoms with E-state index in [9.17, 15) is 13.6 Å². The number of alkyl halides is 2. The van der Waals surface area contributed by atoms with Crippen LogP contribution in [0.25, 0.3) is 0 Å². The van der Waals surface area contributed by atoms with Crippen molar-refractivity contribution in [2.24, 2.45) is 0 Å². The first-order valence-corrected chi connectivity index (χ1v) is 4.90. The molecular weight excluding hydrogens is 234 g/mol. The molecule has 0 aromatic heterocycles. The van der Waals surface area contributed by atoms with Crippen LogP contribution in [-0.4, -0.2) is 23.8 Å². The van der Waals surface area contributed by atoms with Crippen LogP contribution in [0.5, 0.6) is 11.5 Å². The number of carbonyl (C=O) groups is 1. The minimum absolute atomic E-state index is 0.0492. The fourth-order valence-electron chi connectivity index (χ4n) is 1.59. The Bertz CT molecular complexity index is 471. The Hall–Kier alpha value is -1.85. The lowest BCUT2D eigenvalue weighted by atomic mass is 10.0. The van der Waals surface area contributed by atoms with Gasteiger partial charge in [0.1, 0.15) is 0 Å². The zero-order valence-corrected chi connectivity index (χ0v) is 9.00. The zero-order chi connectivity index (χ0) is 12.6. The van der Waals surface area contributed by atoms with Crippen LogP contribution >= 0.6 is 0 Å². The molecule has 0 radical (unpaired) electrons. The number of benzene rings is 1. The molecule has 1 aromatic carbocycles. The second kappa shape index (κ2) is 3.87. The molecule has 6 heteroatoms. The number of rotatable bonds is 3. The highest BCUT2D eigenvalue weighted by Gasteiger charge is 2.39. The van der Waals surface area contributed by atoms with Crippen molar-refractivity contribution in [3.63, 3.8) is 0 Å². The molecule has 4 nitrogen and oxygen atoms in total. The molecule has 0 spiro atoms. The van der Waals surface area contributed by atoms with Crippen LogP contribution in [0.15, 0.2) is 12.1 Å². The molecule has 0 saturated carbocycles. The number of carboxylic acid groups (broad SMARTS) is 1. The van der Waals surface area contributed by atoms with Gasteiger partial charge in [-0.25, -0.2) is 4.79 Å². The highest BCUT2D eigenvalue weighted by Crippen LogP contribution is 2.36. The van der Waals surface area contributed by atoms with Crippen molar-refractivity contribution in [3.8, 4) is 11.5 Å². The third-order valence-electron chi connectivity index (χ3n) is 2.56. The third-order valence-corrected chi connectivity index (χ3v) is 2.56. The predicted octanol–water partition coefficient (Wildman–Crippen LogP) is 1.99. The van der Waals surface area contributed by atoms with Crippen molar-refractivity contribution in [2.45, 2.75) is 19.3 Å². The highest BCUT2D eigenvalue weighted by atomic mass is 19.3. The summed E-state index contributed by atoms with van der Waals surface area (Å²) in [6.07, 6.45) is -0.856. The Morgan fingerprint density at radius 1 is 1.41 bits per heavy atom. The van der Waals surface area contributed by atoms with Gasteiger partial charge in [0.2, 0.25) is 6.79 Å². The number of ether oxygens (including phenoxy) is 2. The van der Waals surface area contributed by atoms with Gasteiger partial charge < -0.3 is 14.6 Å². The summed E-state index contributed by atoms with van der Waals surface area (Å²) in [4.78, 5) is 10.4. The number of hydrogen-bond acceptors (Lipinski definition) is 3. The first-order chi connectivity index (χ1) is 7.90. The summed E-state index contributed by atoms with van der Waals surface area (Å²) >= 11 is 0. The van der Waals surface area contributed by atoms with Gasteiger partial charge in [-0.05, 0) is 30.2 Å². The maximum atomic E-state index is 13.1. The van der Waals surface area contributed by atoms with Crippen LogP contribution in [0.2, 0.25) is 0 Å². The van der Waals surface area contributed by atoms with E-state index in [-0.39, 0.29) is 12.4 Å². The minimum Gasteiger partial charge on any atom is -0.477 e. The molecule has 1 heterocycles. The quantitative estimate of drug-likeness (QED) is 0.883. The minimum atomic E-state index is -3.78. The molecule has 0 aliphatic carbocycles. The molecular formula is C11H10F2O4. The van der Waals surface area contributed by atoms with E-state index in [0.29, 0.717) is 17.1 Å². The molecule has 92 valence electrons. The van der Waals surface area contributed by atoms with Gasteiger partial charge in [0, 0.05) is 6.42 Å². The molecule has 0 bridgehead atoms. The number of halogens is 2. The van der Waals surface area contributed by atoms with E-state index < -0.39 is 18.3 Å². The fourth-order valence-corrected chi connectivity index (χ4v) is 1.59. The first-order valence-electron chi connectivity index (χ1n) is 4.90. The second-order valence-electron chi connectivity index (χ2n) is 3.82. The molecule has 1 aromatic rings. The van der Waals surface area contributed by atoms with Crippen LogP contribution in [0.4, 0.5) is 8.78 Å². The summed E-state index contributed by atoms with van der Waals surface area (Å²) in [5.74, 6) is -5.05. The van der Waals surface area contributed by atoms with E-state index >= 15 is 0 Å². The van der Waals surface area contributed by atoms with Gasteiger partial charge in [-0.2, -0.15) is 8.78 Å². The molecule has 1 aliphatic heterocycles. The van der Waals surface area contributed by atoms with Gasteiger partial charge in [0.25, 0.3) is 0 Å². The number of fused-ring (bicyclic) bond motifs is 1. The van der Waals surface area contributed by atoms with Crippen LogP contribution in [0.3, 0.4) is 0 Å². The van der Waals surface area contributed by atoms with Crippen molar-refractivity contribution >= 4 is 5.97 Å². The van der Waals surface area contributed by atoms with E-state index in [1.165, 1.54) is 6.07 Å². The Morgan fingerprint density at radius 2 is 2.00 bits per heavy atom. The molecule has 0 saturated heterocycles. The average molecular weight is 244 g/mol. The summed E-state index contributed by atoms with van der Waals surface area (Å²) in [7, 11) is 0. The van der Waals surface area contributed by atoms with E-state index in [1.807, 2.05) is 0 Å². The van der Waals surface area contributed by atoms with Gasteiger partial charge in [-0.1, -0.05) is 0 Å². The molecule has 0 fully saturated rings. The first kappa shape index (κ1) is 11.6. The smallest absolute Gasteiger partial charge is 0.374 e. The summed E-state index contributed by atoms with van der Waals surface area (Å²) in [6.45, 7) is 1.67. The van der Waals surface area contributed by atoms with Crippen molar-refractivity contribution in [1.29, 1.82) is 0 Å². The molecule has 2 rings (SSSR count). The van der Waals surface area contributed by atoms with Crippen LogP contribution < -0.4 is 9.47 Å². The van der Waals surface area contributed by atoms with Gasteiger partial charge in [0.15, 0.2) is 11.5 Å². The molecule has 17 heavy (non-hydrogen) atoms. The number of aliphatic carboxylic acids is 1. The fraction of sp³-hybridized carbons (Fsp3) is 0.364. The Labute approximate surface area is 95.8 Å². The van der Waals surface area contributed by atoms with E-state index in [2.05, 4.69) is 0 Å². The van der Waals surface area contributed by atoms with Crippen molar-refractivity contribution in [2.75, 3.05) is 6.79 Å². The molecule has 1 aliphatic rings. The van der Waals surface area contributed by atoms with E-state index in [4.69, 9.17) is 14.6 Å². The number of aryl methyl sites for hydroxylation is 1. The molecule has 0 amide bonds. The lowest BCUT2D eigenvalue weighted by Crippen LogP contribution is -2.30. The third kappa shape index (κ3) is 2.15. The SMILES string of the molecule is Cc1cc2c(cc1CC(F)(F)C(=O)O)OCO2. The van der Waals surface area contributed by atoms with Gasteiger partial charge in [0.05, 0.1) is 0 Å². The second-order valence-corrected chi connectivity index (χ2v) is 3.82. The average Bonchev–Trinajstić information content (AvgIpc) is 2.64. The number of carboxylic acids is 1. The summed E-state index contributed by atoms with van der Waals surface area (Å²) in [6, 6.07) is 2.96. The van der Waals surface area contributed by atoms with Gasteiger partial charge >= 0.3 is 11.9 Å². The van der Waals surface area contributed by atoms with Crippen LogP contribution in [0.1, 0.15) is 11.1 Å². The summed E-state index contributed by atoms with van der Waals surface area (Å²) in [5.41, 5.74) is 0.789. The molecule has 1 N–H and O–H groups in total. The van der Waals surface area contributed by atoms with Crippen molar-refractivity contribution in [1.82, 2.24) is 0 Å². The van der Waals surface area contributed by atoms with E-state index in [0.717, 1.165) is 0 Å². The maximum absolute atomic E-state index is 13.1. The molecule has 0 atom stereocenters. The van der Waals surface area contributed by atoms with Gasteiger partial charge in [-0.15, -0.1) is 0 Å². The zero-order valence-electron chi connectivity index (χ0n) is 9.00. The molecule has 0 unspecified atom stereocenters. The Morgan fingerprint density at radius 3 is 2.59 bits per heavy atom. The highest BCUT2D eigenvalue weighted by molar-refractivity contribution is 5.75. The normalized spacial score (nSPS) is 13.8. The van der Waals surface area contributed by atoms with Crippen molar-refractivity contribution < 1.29 is 28.2 Å². The van der Waals surface area contributed by atoms with Crippen molar-refractivity contribution in [3.05, 3.63) is 23.3 Å². The lowest BCUT2D eigenvalue weighted by molar-refractivity contribution is -0.164. The Balaban J connectivity index is 2.31. The number of hydrogen-bond donors (Lipinski definition) is 1. The summed E-state index contributed by atoms with van der Waals surface area (Å²) < 4.78 is 36.3. The lowest BCUT2D eigenvalue weighted by Gasteiger charge is -2.13. The standard InChI is InChI=1S/C11H10F2O4/c1-6-2-8-9(17-5-16-8)3-7(6)4-11(12,13)10(14)15/h2-3H,4-5H2,1H3,(H,14,15). The van der Waals surface area contributed by atoms with Crippen LogP contribution in [0, 0.1) is 6.92 Å². The largest absolute Gasteiger partial charge is 0.477 e. The predicted molar refractivity (Wildman–Crippen MR) is 53.6 cm³/mol. The topological polar surface area (TPSA) is 55.8 Å².